The van der Waals surface area contributed by atoms with Crippen molar-refractivity contribution in [2.45, 2.75) is 13.8 Å². The summed E-state index contributed by atoms with van der Waals surface area (Å²) in [6.07, 6.45) is 0. The lowest BCUT2D eigenvalue weighted by Crippen LogP contribution is -2.23. The molecular formula is C10H11BN2O6. The van der Waals surface area contributed by atoms with Crippen LogP contribution in [0.1, 0.15) is 13.8 Å². The third kappa shape index (κ3) is 2.60. The molecule has 2 N–H and O–H groups in total. The van der Waals surface area contributed by atoms with Crippen LogP contribution in [0.2, 0.25) is 0 Å². The van der Waals surface area contributed by atoms with Gasteiger partial charge in [0.15, 0.2) is 5.75 Å². The minimum Gasteiger partial charge on any atom is -0.498 e. The first-order valence-electron chi connectivity index (χ1n) is 5.53. The highest BCUT2D eigenvalue weighted by Gasteiger charge is 2.34. The number of fused-ring (bicyclic) bond motifs is 1. The number of hydrogen-bond donors (Lipinski definition) is 2. The van der Waals surface area contributed by atoms with Crippen molar-refractivity contribution in [3.05, 3.63) is 22.2 Å². The van der Waals surface area contributed by atoms with E-state index in [1.807, 2.05) is 0 Å². The largest absolute Gasteiger partial charge is 0.785 e. The second kappa shape index (κ2) is 4.77. The Hall–Kier alpha value is -2.29. The van der Waals surface area contributed by atoms with Crippen LogP contribution in [-0.4, -0.2) is 23.2 Å². The van der Waals surface area contributed by atoms with Crippen molar-refractivity contribution >= 4 is 24.6 Å². The topological polar surface area (TPSA) is 111 Å². The summed E-state index contributed by atoms with van der Waals surface area (Å²) in [6.45, 7) is 3.33. The Balaban J connectivity index is 2.39. The Kier molecular flexibility index (Phi) is 3.30. The molecule has 1 aliphatic heterocycles. The molecule has 0 aliphatic carbocycles. The lowest BCUT2D eigenvalue weighted by molar-refractivity contribution is -0.384. The maximum absolute atomic E-state index is 11.6. The van der Waals surface area contributed by atoms with Gasteiger partial charge >= 0.3 is 7.32 Å². The molecule has 1 aliphatic rings. The number of rotatable bonds is 3. The zero-order valence-corrected chi connectivity index (χ0v) is 10.2. The van der Waals surface area contributed by atoms with E-state index in [2.05, 4.69) is 5.32 Å². The molecule has 0 bridgehead atoms. The quantitative estimate of drug-likeness (QED) is 0.478. The van der Waals surface area contributed by atoms with Crippen molar-refractivity contribution in [3.8, 4) is 11.5 Å². The fourth-order valence-electron chi connectivity index (χ4n) is 1.50. The van der Waals surface area contributed by atoms with Gasteiger partial charge in [0.2, 0.25) is 5.91 Å². The number of nitrogens with one attached hydrogen (secondary N) is 1. The van der Waals surface area contributed by atoms with E-state index in [4.69, 9.17) is 14.3 Å². The van der Waals surface area contributed by atoms with Crippen molar-refractivity contribution in [2.24, 2.45) is 5.92 Å². The Morgan fingerprint density at radius 1 is 1.42 bits per heavy atom. The van der Waals surface area contributed by atoms with Crippen molar-refractivity contribution < 1.29 is 24.1 Å². The summed E-state index contributed by atoms with van der Waals surface area (Å²) >= 11 is 0. The normalized spacial score (nSPS) is 12.7. The van der Waals surface area contributed by atoms with E-state index < -0.39 is 12.2 Å². The van der Waals surface area contributed by atoms with Crippen molar-refractivity contribution in [1.29, 1.82) is 0 Å². The molecule has 0 unspecified atom stereocenters. The number of nitro groups is 1. The smallest absolute Gasteiger partial charge is 0.498 e. The van der Waals surface area contributed by atoms with Gasteiger partial charge in [-0.2, -0.15) is 0 Å². The molecular weight excluding hydrogens is 255 g/mol. The number of carbonyl (C=O) groups excluding carboxylic acids is 1. The van der Waals surface area contributed by atoms with Crippen LogP contribution in [0.4, 0.5) is 11.4 Å². The zero-order chi connectivity index (χ0) is 14.2. The van der Waals surface area contributed by atoms with Crippen LogP contribution >= 0.6 is 0 Å². The fourth-order valence-corrected chi connectivity index (χ4v) is 1.50. The third-order valence-electron chi connectivity index (χ3n) is 2.50. The van der Waals surface area contributed by atoms with E-state index in [-0.39, 0.29) is 34.7 Å². The summed E-state index contributed by atoms with van der Waals surface area (Å²) in [7, 11) is -1.49. The average molecular weight is 266 g/mol. The first kappa shape index (κ1) is 13.2. The Labute approximate surface area is 108 Å². The first-order chi connectivity index (χ1) is 8.88. The molecule has 2 rings (SSSR count). The number of carbonyl (C=O) groups is 1. The molecule has 0 saturated carbocycles. The van der Waals surface area contributed by atoms with E-state index >= 15 is 0 Å². The minimum atomic E-state index is -1.49. The summed E-state index contributed by atoms with van der Waals surface area (Å²) in [5.74, 6) is -0.489. The highest BCUT2D eigenvalue weighted by molar-refractivity contribution is 6.38. The Bertz CT molecular complexity index is 547. The van der Waals surface area contributed by atoms with Crippen LogP contribution in [0.3, 0.4) is 0 Å². The summed E-state index contributed by atoms with van der Waals surface area (Å²) in [6, 6.07) is 2.35. The number of nitro benzene ring substituents is 1. The standard InChI is InChI=1S/C10H11BN2O6/c1-5(2)10(14)12-6-3-8-9(19-11(15)18-8)4-7(6)13(16)17/h3-5,15H,1-2H3,(H,12,14). The SMILES string of the molecule is CC(C)C(=O)Nc1cc2c(cc1[N+](=O)[O-])OB(O)O2. The van der Waals surface area contributed by atoms with E-state index in [0.29, 0.717) is 0 Å². The molecule has 100 valence electrons. The Morgan fingerprint density at radius 2 is 2.00 bits per heavy atom. The van der Waals surface area contributed by atoms with Gasteiger partial charge in [-0.25, -0.2) is 0 Å². The van der Waals surface area contributed by atoms with Gasteiger partial charge in [0.05, 0.1) is 11.0 Å². The highest BCUT2D eigenvalue weighted by atomic mass is 16.7. The second-order valence-electron chi connectivity index (χ2n) is 4.26. The summed E-state index contributed by atoms with van der Waals surface area (Å²) in [4.78, 5) is 21.9. The van der Waals surface area contributed by atoms with Gasteiger partial charge in [0.1, 0.15) is 11.4 Å². The van der Waals surface area contributed by atoms with Gasteiger partial charge in [-0.1, -0.05) is 13.8 Å². The predicted octanol–water partition coefficient (Wildman–Crippen LogP) is 0.938. The van der Waals surface area contributed by atoms with Gasteiger partial charge in [0.25, 0.3) is 5.69 Å². The molecule has 0 saturated heterocycles. The number of nitrogens with zero attached hydrogens (tertiary/aromatic N) is 1. The van der Waals surface area contributed by atoms with E-state index in [1.54, 1.807) is 13.8 Å². The Morgan fingerprint density at radius 3 is 2.53 bits per heavy atom. The number of hydrogen-bond acceptors (Lipinski definition) is 6. The molecule has 19 heavy (non-hydrogen) atoms. The molecule has 0 radical (unpaired) electrons. The third-order valence-corrected chi connectivity index (χ3v) is 2.50. The molecule has 0 fully saturated rings. The average Bonchev–Trinajstić information content (AvgIpc) is 2.66. The van der Waals surface area contributed by atoms with Crippen LogP contribution in [0.25, 0.3) is 0 Å². The zero-order valence-electron chi connectivity index (χ0n) is 10.2. The maximum Gasteiger partial charge on any atom is 0.785 e. The lowest BCUT2D eigenvalue weighted by atomic mass is 10.2. The number of benzene rings is 1. The van der Waals surface area contributed by atoms with Gasteiger partial charge in [-0.05, 0) is 0 Å². The van der Waals surface area contributed by atoms with E-state index in [1.165, 1.54) is 6.07 Å². The van der Waals surface area contributed by atoms with E-state index in [9.17, 15) is 14.9 Å². The van der Waals surface area contributed by atoms with Gasteiger partial charge < -0.3 is 19.6 Å². The summed E-state index contributed by atoms with van der Waals surface area (Å²) in [5.41, 5.74) is -0.328. The number of anilines is 1. The second-order valence-corrected chi connectivity index (χ2v) is 4.26. The predicted molar refractivity (Wildman–Crippen MR) is 65.8 cm³/mol. The molecule has 1 amide bonds. The maximum atomic E-state index is 11.6. The summed E-state index contributed by atoms with van der Waals surface area (Å²) in [5, 5.41) is 22.5. The first-order valence-corrected chi connectivity index (χ1v) is 5.53. The van der Waals surface area contributed by atoms with E-state index in [0.717, 1.165) is 6.07 Å². The molecule has 8 nitrogen and oxygen atoms in total. The van der Waals surface area contributed by atoms with Gasteiger partial charge in [-0.3, -0.25) is 14.9 Å². The fraction of sp³-hybridized carbons (Fsp3) is 0.300. The minimum absolute atomic E-state index is 0.000139. The molecule has 1 heterocycles. The highest BCUT2D eigenvalue weighted by Crippen LogP contribution is 2.41. The van der Waals surface area contributed by atoms with Gasteiger partial charge in [0, 0.05) is 12.0 Å². The molecule has 9 heteroatoms. The van der Waals surface area contributed by atoms with Gasteiger partial charge in [-0.15, -0.1) is 0 Å². The molecule has 0 aromatic heterocycles. The van der Waals surface area contributed by atoms with Crippen molar-refractivity contribution in [1.82, 2.24) is 0 Å². The summed E-state index contributed by atoms with van der Waals surface area (Å²) < 4.78 is 9.70. The van der Waals surface area contributed by atoms with Crippen LogP contribution in [0.15, 0.2) is 12.1 Å². The van der Waals surface area contributed by atoms with Crippen LogP contribution in [-0.2, 0) is 4.79 Å². The lowest BCUT2D eigenvalue weighted by Gasteiger charge is -2.09. The number of amides is 1. The van der Waals surface area contributed by atoms with Crippen LogP contribution in [0, 0.1) is 16.0 Å². The van der Waals surface area contributed by atoms with Crippen molar-refractivity contribution in [2.75, 3.05) is 5.32 Å². The molecule has 0 spiro atoms. The molecule has 1 aromatic rings. The molecule has 1 aromatic carbocycles. The van der Waals surface area contributed by atoms with Crippen LogP contribution < -0.4 is 14.6 Å². The van der Waals surface area contributed by atoms with Crippen molar-refractivity contribution in [3.63, 3.8) is 0 Å². The molecule has 0 atom stereocenters. The van der Waals surface area contributed by atoms with Crippen LogP contribution in [0.5, 0.6) is 11.5 Å². The monoisotopic (exact) mass is 266 g/mol.